The Labute approximate surface area is 184 Å². The first-order chi connectivity index (χ1) is 15.1. The molecule has 0 unspecified atom stereocenters. The average Bonchev–Trinajstić information content (AvgIpc) is 2.80. The lowest BCUT2D eigenvalue weighted by Crippen LogP contribution is -2.44. The third kappa shape index (κ3) is 5.25. The van der Waals surface area contributed by atoms with Crippen LogP contribution in [0.3, 0.4) is 0 Å². The molecule has 0 atom stereocenters. The second-order valence-corrected chi connectivity index (χ2v) is 7.99. The first-order valence-electron chi connectivity index (χ1n) is 10.7. The van der Waals surface area contributed by atoms with Gasteiger partial charge < -0.3 is 19.9 Å². The summed E-state index contributed by atoms with van der Waals surface area (Å²) in [6, 6.07) is 24.0. The zero-order valence-electron chi connectivity index (χ0n) is 18.2. The summed E-state index contributed by atoms with van der Waals surface area (Å²) in [6.45, 7) is 6.18. The standard InChI is InChI=1S/C26H29N3O2/c1-20-18-22(29-16-14-28(2)15-17-29)12-13-24(20)27-26(30)19-31-25-11-7-6-10-23(25)21-8-4-3-5-9-21/h3-13,18H,14-17,19H2,1-2H3,(H,27,30). The summed E-state index contributed by atoms with van der Waals surface area (Å²) in [5, 5.41) is 2.99. The number of piperazine rings is 1. The highest BCUT2D eigenvalue weighted by Gasteiger charge is 2.15. The van der Waals surface area contributed by atoms with Gasteiger partial charge in [0.05, 0.1) is 0 Å². The molecule has 0 spiro atoms. The van der Waals surface area contributed by atoms with Crippen molar-refractivity contribution in [3.8, 4) is 16.9 Å². The van der Waals surface area contributed by atoms with Crippen LogP contribution in [-0.4, -0.2) is 50.6 Å². The number of benzene rings is 3. The fourth-order valence-corrected chi connectivity index (χ4v) is 3.83. The number of likely N-dealkylation sites (N-methyl/N-ethyl adjacent to an activating group) is 1. The van der Waals surface area contributed by atoms with Gasteiger partial charge in [0.15, 0.2) is 6.61 Å². The number of carbonyl (C=O) groups excluding carboxylic acids is 1. The van der Waals surface area contributed by atoms with Gasteiger partial charge in [-0.1, -0.05) is 48.5 Å². The lowest BCUT2D eigenvalue weighted by molar-refractivity contribution is -0.118. The number of rotatable bonds is 6. The smallest absolute Gasteiger partial charge is 0.262 e. The highest BCUT2D eigenvalue weighted by atomic mass is 16.5. The molecule has 5 heteroatoms. The molecule has 1 heterocycles. The molecule has 3 aromatic rings. The molecule has 0 bridgehead atoms. The summed E-state index contributed by atoms with van der Waals surface area (Å²) in [6.07, 6.45) is 0. The van der Waals surface area contributed by atoms with Gasteiger partial charge in [-0.15, -0.1) is 0 Å². The predicted octanol–water partition coefficient (Wildman–Crippen LogP) is 4.43. The van der Waals surface area contributed by atoms with E-state index in [9.17, 15) is 4.79 Å². The molecule has 0 saturated carbocycles. The highest BCUT2D eigenvalue weighted by Crippen LogP contribution is 2.29. The largest absolute Gasteiger partial charge is 0.483 e. The number of hydrogen-bond donors (Lipinski definition) is 1. The molecule has 1 amide bonds. The van der Waals surface area contributed by atoms with E-state index in [2.05, 4.69) is 34.3 Å². The summed E-state index contributed by atoms with van der Waals surface area (Å²) in [5.41, 5.74) is 5.12. The summed E-state index contributed by atoms with van der Waals surface area (Å²) in [5.74, 6) is 0.532. The molecule has 31 heavy (non-hydrogen) atoms. The SMILES string of the molecule is Cc1cc(N2CCN(C)CC2)ccc1NC(=O)COc1ccccc1-c1ccccc1. The van der Waals surface area contributed by atoms with E-state index in [-0.39, 0.29) is 12.5 Å². The Kier molecular flexibility index (Phi) is 6.53. The first kappa shape index (κ1) is 20.9. The van der Waals surface area contributed by atoms with Crippen LogP contribution in [0.2, 0.25) is 0 Å². The van der Waals surface area contributed by atoms with Gasteiger partial charge in [-0.3, -0.25) is 4.79 Å². The van der Waals surface area contributed by atoms with E-state index >= 15 is 0 Å². The Morgan fingerprint density at radius 3 is 2.39 bits per heavy atom. The molecule has 4 rings (SSSR count). The molecule has 3 aromatic carbocycles. The van der Waals surface area contributed by atoms with E-state index < -0.39 is 0 Å². The maximum atomic E-state index is 12.6. The number of anilines is 2. The Hall–Kier alpha value is -3.31. The molecule has 0 radical (unpaired) electrons. The van der Waals surface area contributed by atoms with Gasteiger partial charge >= 0.3 is 0 Å². The van der Waals surface area contributed by atoms with E-state index in [0.717, 1.165) is 48.6 Å². The first-order valence-corrected chi connectivity index (χ1v) is 10.7. The fourth-order valence-electron chi connectivity index (χ4n) is 3.83. The van der Waals surface area contributed by atoms with Crippen LogP contribution in [0.25, 0.3) is 11.1 Å². The van der Waals surface area contributed by atoms with Gasteiger partial charge in [-0.25, -0.2) is 0 Å². The van der Waals surface area contributed by atoms with Crippen LogP contribution in [0, 0.1) is 6.92 Å². The van der Waals surface area contributed by atoms with E-state index in [1.807, 2.05) is 67.6 Å². The number of ether oxygens (including phenoxy) is 1. The third-order valence-corrected chi connectivity index (χ3v) is 5.68. The van der Waals surface area contributed by atoms with Crippen molar-refractivity contribution in [2.24, 2.45) is 0 Å². The normalized spacial score (nSPS) is 14.3. The minimum Gasteiger partial charge on any atom is -0.483 e. The van der Waals surface area contributed by atoms with Gasteiger partial charge in [0.25, 0.3) is 5.91 Å². The minimum atomic E-state index is -0.168. The van der Waals surface area contributed by atoms with E-state index in [1.54, 1.807) is 0 Å². The summed E-state index contributed by atoms with van der Waals surface area (Å²) < 4.78 is 5.87. The monoisotopic (exact) mass is 415 g/mol. The van der Waals surface area contributed by atoms with Crippen LogP contribution in [0.15, 0.2) is 72.8 Å². The molecule has 0 aromatic heterocycles. The quantitative estimate of drug-likeness (QED) is 0.647. The van der Waals surface area contributed by atoms with Crippen molar-refractivity contribution >= 4 is 17.3 Å². The molecule has 5 nitrogen and oxygen atoms in total. The Bertz CT molecular complexity index is 1030. The van der Waals surface area contributed by atoms with Crippen LogP contribution in [0.4, 0.5) is 11.4 Å². The van der Waals surface area contributed by atoms with Gasteiger partial charge in [-0.2, -0.15) is 0 Å². The van der Waals surface area contributed by atoms with Crippen LogP contribution >= 0.6 is 0 Å². The van der Waals surface area contributed by atoms with Crippen molar-refractivity contribution < 1.29 is 9.53 Å². The molecule has 1 N–H and O–H groups in total. The predicted molar refractivity (Wildman–Crippen MR) is 127 cm³/mol. The van der Waals surface area contributed by atoms with Crippen LogP contribution in [0.1, 0.15) is 5.56 Å². The highest BCUT2D eigenvalue weighted by molar-refractivity contribution is 5.93. The molecule has 1 aliphatic heterocycles. The number of carbonyl (C=O) groups is 1. The number of nitrogens with zero attached hydrogens (tertiary/aromatic N) is 2. The van der Waals surface area contributed by atoms with Crippen molar-refractivity contribution in [3.63, 3.8) is 0 Å². The lowest BCUT2D eigenvalue weighted by atomic mass is 10.1. The van der Waals surface area contributed by atoms with Crippen molar-refractivity contribution in [1.82, 2.24) is 4.90 Å². The van der Waals surface area contributed by atoms with Gasteiger partial charge in [-0.05, 0) is 49.4 Å². The molecular formula is C26H29N3O2. The zero-order valence-corrected chi connectivity index (χ0v) is 18.2. The minimum absolute atomic E-state index is 0.0382. The maximum Gasteiger partial charge on any atom is 0.262 e. The Morgan fingerprint density at radius 2 is 1.65 bits per heavy atom. The molecule has 0 aliphatic carbocycles. The summed E-state index contributed by atoms with van der Waals surface area (Å²) in [4.78, 5) is 17.3. The van der Waals surface area contributed by atoms with Crippen molar-refractivity contribution in [2.45, 2.75) is 6.92 Å². The van der Waals surface area contributed by atoms with Crippen LogP contribution < -0.4 is 15.0 Å². The molecule has 1 saturated heterocycles. The Morgan fingerprint density at radius 1 is 0.935 bits per heavy atom. The third-order valence-electron chi connectivity index (χ3n) is 5.68. The number of para-hydroxylation sites is 1. The average molecular weight is 416 g/mol. The van der Waals surface area contributed by atoms with Crippen molar-refractivity contribution in [3.05, 3.63) is 78.4 Å². The number of nitrogens with one attached hydrogen (secondary N) is 1. The van der Waals surface area contributed by atoms with Crippen LogP contribution in [0.5, 0.6) is 5.75 Å². The molecule has 1 aliphatic rings. The van der Waals surface area contributed by atoms with Gasteiger partial charge in [0, 0.05) is 43.1 Å². The van der Waals surface area contributed by atoms with E-state index in [1.165, 1.54) is 5.69 Å². The number of hydrogen-bond acceptors (Lipinski definition) is 4. The van der Waals surface area contributed by atoms with Crippen LogP contribution in [-0.2, 0) is 4.79 Å². The zero-order chi connectivity index (χ0) is 21.6. The number of amides is 1. The lowest BCUT2D eigenvalue weighted by Gasteiger charge is -2.34. The van der Waals surface area contributed by atoms with E-state index in [0.29, 0.717) is 5.75 Å². The van der Waals surface area contributed by atoms with Gasteiger partial charge in [0.1, 0.15) is 5.75 Å². The fraction of sp³-hybridized carbons (Fsp3) is 0.269. The second kappa shape index (κ2) is 9.67. The molecule has 1 fully saturated rings. The Balaban J connectivity index is 1.38. The topological polar surface area (TPSA) is 44.8 Å². The molecule has 160 valence electrons. The summed E-state index contributed by atoms with van der Waals surface area (Å²) in [7, 11) is 2.15. The number of aryl methyl sites for hydroxylation is 1. The second-order valence-electron chi connectivity index (χ2n) is 7.99. The maximum absolute atomic E-state index is 12.6. The molecular weight excluding hydrogens is 386 g/mol. The van der Waals surface area contributed by atoms with E-state index in [4.69, 9.17) is 4.74 Å². The van der Waals surface area contributed by atoms with Crippen molar-refractivity contribution in [2.75, 3.05) is 50.1 Å². The van der Waals surface area contributed by atoms with Gasteiger partial charge in [0.2, 0.25) is 0 Å². The summed E-state index contributed by atoms with van der Waals surface area (Å²) >= 11 is 0. The van der Waals surface area contributed by atoms with Crippen molar-refractivity contribution in [1.29, 1.82) is 0 Å².